The van der Waals surface area contributed by atoms with Crippen LogP contribution in [0.2, 0.25) is 0 Å². The van der Waals surface area contributed by atoms with E-state index in [0.29, 0.717) is 5.75 Å². The van der Waals surface area contributed by atoms with Crippen molar-refractivity contribution in [2.24, 2.45) is 0 Å². The average Bonchev–Trinajstić information content (AvgIpc) is 2.53. The van der Waals surface area contributed by atoms with Crippen molar-refractivity contribution in [1.82, 2.24) is 5.32 Å². The van der Waals surface area contributed by atoms with E-state index in [1.807, 2.05) is 43.3 Å². The van der Waals surface area contributed by atoms with Gasteiger partial charge in [0.25, 0.3) is 5.91 Å². The quantitative estimate of drug-likeness (QED) is 0.675. The monoisotopic (exact) mass is 439 g/mol. The minimum absolute atomic E-state index is 0.00983. The summed E-state index contributed by atoms with van der Waals surface area (Å²) in [6.45, 7) is 2.02. The second-order valence-electron chi connectivity index (χ2n) is 5.36. The lowest BCUT2D eigenvalue weighted by Gasteiger charge is -2.15. The summed E-state index contributed by atoms with van der Waals surface area (Å²) in [5.41, 5.74) is 1.28. The van der Waals surface area contributed by atoms with Crippen molar-refractivity contribution in [2.75, 3.05) is 6.61 Å². The number of hydrogen-bond donors (Lipinski definition) is 1. The third-order valence-electron chi connectivity index (χ3n) is 3.37. The first kappa shape index (κ1) is 18.0. The SMILES string of the molecule is C[C@@H](CCc1ccccc1)NC(=O)COc1ccc(Br)cc1Br. The second kappa shape index (κ2) is 9.08. The third kappa shape index (κ3) is 6.36. The van der Waals surface area contributed by atoms with Crippen molar-refractivity contribution >= 4 is 37.8 Å². The van der Waals surface area contributed by atoms with Gasteiger partial charge in [-0.15, -0.1) is 0 Å². The average molecular weight is 441 g/mol. The summed E-state index contributed by atoms with van der Waals surface area (Å²) in [6, 6.07) is 16.0. The molecule has 23 heavy (non-hydrogen) atoms. The number of rotatable bonds is 7. The molecule has 0 aromatic heterocycles. The van der Waals surface area contributed by atoms with E-state index in [4.69, 9.17) is 4.74 Å². The predicted octanol–water partition coefficient (Wildman–Crippen LogP) is 4.73. The van der Waals surface area contributed by atoms with Gasteiger partial charge in [0, 0.05) is 10.5 Å². The molecule has 0 aliphatic heterocycles. The molecule has 1 N–H and O–H groups in total. The minimum Gasteiger partial charge on any atom is -0.483 e. The van der Waals surface area contributed by atoms with Crippen LogP contribution in [-0.2, 0) is 11.2 Å². The fourth-order valence-corrected chi connectivity index (χ4v) is 3.31. The first-order valence-corrected chi connectivity index (χ1v) is 9.04. The number of halogens is 2. The predicted molar refractivity (Wildman–Crippen MR) is 99.7 cm³/mol. The van der Waals surface area contributed by atoms with Crippen molar-refractivity contribution in [2.45, 2.75) is 25.8 Å². The fraction of sp³-hybridized carbons (Fsp3) is 0.278. The van der Waals surface area contributed by atoms with Gasteiger partial charge in [0.1, 0.15) is 5.75 Å². The van der Waals surface area contributed by atoms with E-state index >= 15 is 0 Å². The molecular formula is C18H19Br2NO2. The maximum atomic E-state index is 12.0. The van der Waals surface area contributed by atoms with Crippen LogP contribution in [0.25, 0.3) is 0 Å². The van der Waals surface area contributed by atoms with Crippen molar-refractivity contribution < 1.29 is 9.53 Å². The van der Waals surface area contributed by atoms with Crippen LogP contribution >= 0.6 is 31.9 Å². The Labute approximate surface area is 153 Å². The molecule has 1 amide bonds. The van der Waals surface area contributed by atoms with Gasteiger partial charge < -0.3 is 10.1 Å². The van der Waals surface area contributed by atoms with Crippen LogP contribution in [0.4, 0.5) is 0 Å². The van der Waals surface area contributed by atoms with Gasteiger partial charge in [0.05, 0.1) is 4.47 Å². The van der Waals surface area contributed by atoms with Crippen LogP contribution in [0.3, 0.4) is 0 Å². The number of benzene rings is 2. The molecule has 0 aliphatic carbocycles. The van der Waals surface area contributed by atoms with E-state index in [1.54, 1.807) is 0 Å². The first-order valence-electron chi connectivity index (χ1n) is 7.45. The van der Waals surface area contributed by atoms with E-state index in [-0.39, 0.29) is 18.6 Å². The zero-order valence-electron chi connectivity index (χ0n) is 12.9. The number of nitrogens with one attached hydrogen (secondary N) is 1. The molecule has 0 spiro atoms. The van der Waals surface area contributed by atoms with Crippen LogP contribution < -0.4 is 10.1 Å². The Balaban J connectivity index is 1.73. The van der Waals surface area contributed by atoms with Gasteiger partial charge in [-0.2, -0.15) is 0 Å². The van der Waals surface area contributed by atoms with E-state index in [9.17, 15) is 4.79 Å². The maximum Gasteiger partial charge on any atom is 0.258 e. The Morgan fingerprint density at radius 1 is 1.17 bits per heavy atom. The third-order valence-corrected chi connectivity index (χ3v) is 4.48. The molecule has 2 aromatic carbocycles. The smallest absolute Gasteiger partial charge is 0.258 e. The second-order valence-corrected chi connectivity index (χ2v) is 7.13. The summed E-state index contributed by atoms with van der Waals surface area (Å²) in [5, 5.41) is 2.96. The van der Waals surface area contributed by atoms with Crippen molar-refractivity contribution in [3.8, 4) is 5.75 Å². The lowest BCUT2D eigenvalue weighted by Crippen LogP contribution is -2.36. The largest absolute Gasteiger partial charge is 0.483 e. The standard InChI is InChI=1S/C18H19Br2NO2/c1-13(7-8-14-5-3-2-4-6-14)21-18(22)12-23-17-10-9-15(19)11-16(17)20/h2-6,9-11,13H,7-8,12H2,1H3,(H,21,22)/t13-/m0/s1. The van der Waals surface area contributed by atoms with Crippen molar-refractivity contribution in [3.63, 3.8) is 0 Å². The molecule has 0 unspecified atom stereocenters. The molecule has 0 bridgehead atoms. The van der Waals surface area contributed by atoms with Crippen LogP contribution in [0, 0.1) is 0 Å². The molecule has 3 nitrogen and oxygen atoms in total. The summed E-state index contributed by atoms with van der Waals surface area (Å²) in [5.74, 6) is 0.542. The number of hydrogen-bond acceptors (Lipinski definition) is 2. The Bertz CT molecular complexity index is 647. The van der Waals surface area contributed by atoms with Crippen LogP contribution in [0.5, 0.6) is 5.75 Å². The Kier molecular flexibility index (Phi) is 7.12. The lowest BCUT2D eigenvalue weighted by molar-refractivity contribution is -0.123. The van der Waals surface area contributed by atoms with Crippen molar-refractivity contribution in [3.05, 3.63) is 63.0 Å². The molecule has 0 aliphatic rings. The molecule has 2 aromatic rings. The van der Waals surface area contributed by atoms with Gasteiger partial charge in [0.15, 0.2) is 6.61 Å². The van der Waals surface area contributed by atoms with Gasteiger partial charge in [-0.3, -0.25) is 4.79 Å². The molecule has 0 saturated heterocycles. The van der Waals surface area contributed by atoms with Gasteiger partial charge in [-0.25, -0.2) is 0 Å². The van der Waals surface area contributed by atoms with Gasteiger partial charge >= 0.3 is 0 Å². The Morgan fingerprint density at radius 2 is 1.91 bits per heavy atom. The molecule has 0 radical (unpaired) electrons. The number of ether oxygens (including phenoxy) is 1. The van der Waals surface area contributed by atoms with Crippen molar-refractivity contribution in [1.29, 1.82) is 0 Å². The molecule has 0 saturated carbocycles. The highest BCUT2D eigenvalue weighted by Crippen LogP contribution is 2.28. The highest BCUT2D eigenvalue weighted by Gasteiger charge is 2.09. The minimum atomic E-state index is -0.111. The summed E-state index contributed by atoms with van der Waals surface area (Å²) < 4.78 is 7.31. The van der Waals surface area contributed by atoms with Crippen LogP contribution in [0.1, 0.15) is 18.9 Å². The molecule has 1 atom stereocenters. The number of carbonyl (C=O) groups excluding carboxylic acids is 1. The summed E-state index contributed by atoms with van der Waals surface area (Å²) in [6.07, 6.45) is 1.85. The zero-order chi connectivity index (χ0) is 16.7. The van der Waals surface area contributed by atoms with E-state index < -0.39 is 0 Å². The van der Waals surface area contributed by atoms with E-state index in [2.05, 4.69) is 49.3 Å². The number of carbonyl (C=O) groups is 1. The number of amides is 1. The zero-order valence-corrected chi connectivity index (χ0v) is 16.1. The lowest BCUT2D eigenvalue weighted by atomic mass is 10.1. The topological polar surface area (TPSA) is 38.3 Å². The number of aryl methyl sites for hydroxylation is 1. The van der Waals surface area contributed by atoms with Crippen LogP contribution in [0.15, 0.2) is 57.5 Å². The summed E-state index contributed by atoms with van der Waals surface area (Å²) in [4.78, 5) is 12.0. The summed E-state index contributed by atoms with van der Waals surface area (Å²) >= 11 is 6.79. The molecular weight excluding hydrogens is 422 g/mol. The van der Waals surface area contributed by atoms with Crippen LogP contribution in [-0.4, -0.2) is 18.6 Å². The Morgan fingerprint density at radius 3 is 2.61 bits per heavy atom. The highest BCUT2D eigenvalue weighted by molar-refractivity contribution is 9.11. The molecule has 122 valence electrons. The molecule has 2 rings (SSSR count). The fourth-order valence-electron chi connectivity index (χ4n) is 2.15. The summed E-state index contributed by atoms with van der Waals surface area (Å²) in [7, 11) is 0. The van der Waals surface area contributed by atoms with Gasteiger partial charge in [-0.1, -0.05) is 46.3 Å². The van der Waals surface area contributed by atoms with Gasteiger partial charge in [-0.05, 0) is 59.5 Å². The Hall–Kier alpha value is -1.33. The van der Waals surface area contributed by atoms with E-state index in [1.165, 1.54) is 5.56 Å². The molecule has 0 heterocycles. The highest BCUT2D eigenvalue weighted by atomic mass is 79.9. The molecule has 0 fully saturated rings. The van der Waals surface area contributed by atoms with Gasteiger partial charge in [0.2, 0.25) is 0 Å². The molecule has 5 heteroatoms. The van der Waals surface area contributed by atoms with E-state index in [0.717, 1.165) is 21.8 Å². The normalized spacial score (nSPS) is 11.8. The maximum absolute atomic E-state index is 12.0. The first-order chi connectivity index (χ1) is 11.0.